The van der Waals surface area contributed by atoms with Gasteiger partial charge in [0.25, 0.3) is 5.91 Å². The number of rotatable bonds is 7. The quantitative estimate of drug-likeness (QED) is 0.497. The molecule has 3 aromatic rings. The van der Waals surface area contributed by atoms with E-state index < -0.39 is 23.7 Å². The zero-order valence-electron chi connectivity index (χ0n) is 21.5. The van der Waals surface area contributed by atoms with Gasteiger partial charge in [0.15, 0.2) is 23.0 Å². The normalized spacial score (nSPS) is 16.6. The highest BCUT2D eigenvalue weighted by Gasteiger charge is 2.44. The summed E-state index contributed by atoms with van der Waals surface area (Å²) in [6, 6.07) is 12.2. The number of fused-ring (bicyclic) bond motifs is 1. The van der Waals surface area contributed by atoms with E-state index in [0.717, 1.165) is 0 Å². The number of carbonyl (C=O) groups excluding carboxylic acids is 2. The fourth-order valence-electron chi connectivity index (χ4n) is 4.68. The molecule has 4 rings (SSSR count). The minimum atomic E-state index is -0.875. The number of anilines is 1. The lowest BCUT2D eigenvalue weighted by Crippen LogP contribution is -2.44. The van der Waals surface area contributed by atoms with Crippen molar-refractivity contribution in [1.29, 1.82) is 0 Å². The molecule has 0 aromatic heterocycles. The van der Waals surface area contributed by atoms with E-state index in [9.17, 15) is 14.0 Å². The predicted octanol–water partition coefficient (Wildman–Crippen LogP) is 4.72. The molecule has 0 aliphatic carbocycles. The lowest BCUT2D eigenvalue weighted by molar-refractivity contribution is -0.119. The van der Waals surface area contributed by atoms with Gasteiger partial charge in [-0.05, 0) is 60.0 Å². The van der Waals surface area contributed by atoms with Crippen molar-refractivity contribution in [3.8, 4) is 23.0 Å². The molecule has 0 bridgehead atoms. The molecule has 2 atom stereocenters. The van der Waals surface area contributed by atoms with Crippen LogP contribution < -0.4 is 24.3 Å². The van der Waals surface area contributed by atoms with Gasteiger partial charge in [0.2, 0.25) is 5.91 Å². The maximum atomic E-state index is 14.2. The maximum Gasteiger partial charge on any atom is 0.254 e. The molecular weight excluding hydrogens is 479 g/mol. The number of benzene rings is 3. The van der Waals surface area contributed by atoms with Crippen LogP contribution in [0.4, 0.5) is 10.1 Å². The van der Waals surface area contributed by atoms with Crippen molar-refractivity contribution in [2.75, 3.05) is 40.8 Å². The van der Waals surface area contributed by atoms with E-state index in [1.54, 1.807) is 56.4 Å². The molecule has 0 saturated heterocycles. The van der Waals surface area contributed by atoms with Gasteiger partial charge in [-0.15, -0.1) is 0 Å². The minimum Gasteiger partial charge on any atom is -0.493 e. The zero-order valence-corrected chi connectivity index (χ0v) is 21.5. The Labute approximate surface area is 214 Å². The molecule has 194 valence electrons. The van der Waals surface area contributed by atoms with Crippen molar-refractivity contribution >= 4 is 17.5 Å². The van der Waals surface area contributed by atoms with Crippen molar-refractivity contribution < 1.29 is 32.9 Å². The zero-order chi connectivity index (χ0) is 26.9. The van der Waals surface area contributed by atoms with Gasteiger partial charge in [-0.3, -0.25) is 9.59 Å². The SMILES string of the molecule is COc1ccc(C2C(C(=O)Nc3ccc(C)c(F)c3)c3cc(OC)c(OC)cc3C(=O)N2C)cc1OC. The molecule has 8 nitrogen and oxygen atoms in total. The summed E-state index contributed by atoms with van der Waals surface area (Å²) in [5.41, 5.74) is 2.20. The van der Waals surface area contributed by atoms with Crippen LogP contribution in [0, 0.1) is 12.7 Å². The molecule has 1 aliphatic rings. The Morgan fingerprint density at radius 2 is 1.49 bits per heavy atom. The van der Waals surface area contributed by atoms with E-state index in [0.29, 0.717) is 50.9 Å². The first-order valence-corrected chi connectivity index (χ1v) is 11.6. The average molecular weight is 509 g/mol. The number of ether oxygens (including phenoxy) is 4. The van der Waals surface area contributed by atoms with Crippen LogP contribution in [-0.4, -0.2) is 52.2 Å². The second-order valence-corrected chi connectivity index (χ2v) is 8.70. The first-order chi connectivity index (χ1) is 17.7. The lowest BCUT2D eigenvalue weighted by atomic mass is 9.79. The summed E-state index contributed by atoms with van der Waals surface area (Å²) >= 11 is 0. The predicted molar refractivity (Wildman–Crippen MR) is 136 cm³/mol. The van der Waals surface area contributed by atoms with Crippen molar-refractivity contribution in [2.24, 2.45) is 0 Å². The van der Waals surface area contributed by atoms with Gasteiger partial charge >= 0.3 is 0 Å². The molecule has 0 fully saturated rings. The van der Waals surface area contributed by atoms with Gasteiger partial charge in [0, 0.05) is 18.3 Å². The third-order valence-corrected chi connectivity index (χ3v) is 6.65. The topological polar surface area (TPSA) is 86.3 Å². The van der Waals surface area contributed by atoms with Gasteiger partial charge in [0.1, 0.15) is 5.82 Å². The van der Waals surface area contributed by atoms with E-state index >= 15 is 0 Å². The van der Waals surface area contributed by atoms with Crippen molar-refractivity contribution in [3.05, 3.63) is 76.6 Å². The van der Waals surface area contributed by atoms with Crippen LogP contribution in [0.1, 0.15) is 39.0 Å². The Balaban J connectivity index is 1.90. The molecule has 1 N–H and O–H groups in total. The Hall–Kier alpha value is -4.27. The van der Waals surface area contributed by atoms with Crippen molar-refractivity contribution in [1.82, 2.24) is 4.90 Å². The molecule has 2 unspecified atom stereocenters. The molecule has 0 radical (unpaired) electrons. The second kappa shape index (κ2) is 10.4. The van der Waals surface area contributed by atoms with E-state index in [1.165, 1.54) is 39.4 Å². The van der Waals surface area contributed by atoms with Crippen molar-refractivity contribution in [3.63, 3.8) is 0 Å². The number of aryl methyl sites for hydroxylation is 1. The number of nitrogens with zero attached hydrogens (tertiary/aromatic N) is 1. The highest BCUT2D eigenvalue weighted by atomic mass is 19.1. The van der Waals surface area contributed by atoms with Crippen LogP contribution in [0.25, 0.3) is 0 Å². The fraction of sp³-hybridized carbons (Fsp3) is 0.286. The highest BCUT2D eigenvalue weighted by molar-refractivity contribution is 6.05. The van der Waals surface area contributed by atoms with E-state index in [-0.39, 0.29) is 5.91 Å². The Bertz CT molecular complexity index is 1360. The molecule has 1 heterocycles. The summed E-state index contributed by atoms with van der Waals surface area (Å²) in [6.07, 6.45) is 0. The Kier molecular flexibility index (Phi) is 7.24. The third-order valence-electron chi connectivity index (χ3n) is 6.65. The summed E-state index contributed by atoms with van der Waals surface area (Å²) in [5.74, 6) is -0.303. The van der Waals surface area contributed by atoms with E-state index in [1.807, 2.05) is 0 Å². The van der Waals surface area contributed by atoms with Crippen molar-refractivity contribution in [2.45, 2.75) is 18.9 Å². The molecule has 0 spiro atoms. The second-order valence-electron chi connectivity index (χ2n) is 8.70. The Morgan fingerprint density at radius 1 is 0.865 bits per heavy atom. The molecule has 3 aromatic carbocycles. The number of hydrogen-bond acceptors (Lipinski definition) is 6. The van der Waals surface area contributed by atoms with Gasteiger partial charge in [-0.25, -0.2) is 4.39 Å². The number of carbonyl (C=O) groups is 2. The van der Waals surface area contributed by atoms with Gasteiger partial charge in [0.05, 0.1) is 40.4 Å². The van der Waals surface area contributed by atoms with Gasteiger partial charge < -0.3 is 29.2 Å². The molecule has 37 heavy (non-hydrogen) atoms. The minimum absolute atomic E-state index is 0.291. The largest absolute Gasteiger partial charge is 0.493 e. The van der Waals surface area contributed by atoms with Crippen LogP contribution in [0.5, 0.6) is 23.0 Å². The highest BCUT2D eigenvalue weighted by Crippen LogP contribution is 2.47. The third kappa shape index (κ3) is 4.64. The average Bonchev–Trinajstić information content (AvgIpc) is 2.91. The smallest absolute Gasteiger partial charge is 0.254 e. The summed E-state index contributed by atoms with van der Waals surface area (Å²) in [7, 11) is 7.64. The fourth-order valence-corrected chi connectivity index (χ4v) is 4.68. The van der Waals surface area contributed by atoms with Gasteiger partial charge in [-0.1, -0.05) is 12.1 Å². The first kappa shape index (κ1) is 25.8. The molecule has 0 saturated carbocycles. The lowest BCUT2D eigenvalue weighted by Gasteiger charge is -2.40. The van der Waals surface area contributed by atoms with Crippen LogP contribution in [-0.2, 0) is 4.79 Å². The molecule has 1 aliphatic heterocycles. The first-order valence-electron chi connectivity index (χ1n) is 11.6. The number of methoxy groups -OCH3 is 4. The standard InChI is InChI=1S/C28H29FN2O6/c1-15-7-9-17(12-20(15)29)30-27(32)25-18-13-23(36-5)24(37-6)14-19(18)28(33)31(2)26(25)16-8-10-21(34-3)22(11-16)35-4/h7-14,25-26H,1-6H3,(H,30,32). The summed E-state index contributed by atoms with van der Waals surface area (Å²) in [6.45, 7) is 1.64. The maximum absolute atomic E-state index is 14.2. The molecular formula is C28H29FN2O6. The number of nitrogens with one attached hydrogen (secondary N) is 1. The number of likely N-dealkylation sites (N-methyl/N-ethyl adjacent to an activating group) is 1. The van der Waals surface area contributed by atoms with Crippen LogP contribution >= 0.6 is 0 Å². The monoisotopic (exact) mass is 508 g/mol. The number of hydrogen-bond donors (Lipinski definition) is 1. The summed E-state index contributed by atoms with van der Waals surface area (Å²) in [5, 5.41) is 2.83. The van der Waals surface area contributed by atoms with Crippen LogP contribution in [0.2, 0.25) is 0 Å². The Morgan fingerprint density at radius 3 is 2.11 bits per heavy atom. The van der Waals surface area contributed by atoms with Crippen LogP contribution in [0.3, 0.4) is 0 Å². The van der Waals surface area contributed by atoms with E-state index in [2.05, 4.69) is 5.32 Å². The molecule has 9 heteroatoms. The number of halogens is 1. The summed E-state index contributed by atoms with van der Waals surface area (Å²) in [4.78, 5) is 29.0. The van der Waals surface area contributed by atoms with Gasteiger partial charge in [-0.2, -0.15) is 0 Å². The number of amides is 2. The molecule has 2 amide bonds. The van der Waals surface area contributed by atoms with Crippen LogP contribution in [0.15, 0.2) is 48.5 Å². The summed E-state index contributed by atoms with van der Waals surface area (Å²) < 4.78 is 36.0. The van der Waals surface area contributed by atoms with E-state index in [4.69, 9.17) is 18.9 Å².